The van der Waals surface area contributed by atoms with Gasteiger partial charge in [0.25, 0.3) is 0 Å². The van der Waals surface area contributed by atoms with Crippen LogP contribution in [0, 0.1) is 6.92 Å². The molecular weight excluding hydrogens is 286 g/mol. The maximum absolute atomic E-state index is 12.0. The lowest BCUT2D eigenvalue weighted by Gasteiger charge is -2.07. The van der Waals surface area contributed by atoms with Crippen molar-refractivity contribution in [2.24, 2.45) is 0 Å². The molecule has 1 aromatic heterocycles. The lowest BCUT2D eigenvalue weighted by Crippen LogP contribution is -2.23. The molecule has 0 aliphatic rings. The third-order valence-corrected chi connectivity index (χ3v) is 3.45. The van der Waals surface area contributed by atoms with Crippen LogP contribution in [0.3, 0.4) is 0 Å². The largest absolute Gasteiger partial charge is 0.323 e. The number of hydrogen-bond acceptors (Lipinski definition) is 2. The first-order chi connectivity index (χ1) is 11.2. The summed E-state index contributed by atoms with van der Waals surface area (Å²) in [5.74, 6) is 0. The Balaban J connectivity index is 1.66. The van der Waals surface area contributed by atoms with E-state index >= 15 is 0 Å². The fourth-order valence-corrected chi connectivity index (χ4v) is 2.25. The number of rotatable bonds is 3. The number of para-hydroxylation sites is 1. The van der Waals surface area contributed by atoms with Crippen LogP contribution in [-0.4, -0.2) is 11.0 Å². The Morgan fingerprint density at radius 1 is 1.04 bits per heavy atom. The van der Waals surface area contributed by atoms with Crippen LogP contribution in [0.1, 0.15) is 11.1 Å². The maximum Gasteiger partial charge on any atom is 0.323 e. The van der Waals surface area contributed by atoms with Gasteiger partial charge in [0.15, 0.2) is 0 Å². The Bertz CT molecular complexity index is 849. The Morgan fingerprint density at radius 2 is 1.83 bits per heavy atom. The van der Waals surface area contributed by atoms with E-state index in [2.05, 4.69) is 15.6 Å². The van der Waals surface area contributed by atoms with Gasteiger partial charge < -0.3 is 10.6 Å². The number of carbonyl (C=O) groups is 1. The van der Waals surface area contributed by atoms with Crippen molar-refractivity contribution < 1.29 is 4.79 Å². The zero-order valence-corrected chi connectivity index (χ0v) is 12.8. The third kappa shape index (κ3) is 3.74. The van der Waals surface area contributed by atoms with Gasteiger partial charge in [-0.05, 0) is 30.7 Å². The lowest BCUT2D eigenvalue weighted by molar-refractivity contribution is 0.255. The van der Waals surface area contributed by atoms with Gasteiger partial charge in [0.2, 0.25) is 0 Å². The Morgan fingerprint density at radius 3 is 2.65 bits per heavy atom. The van der Waals surface area contributed by atoms with Gasteiger partial charge in [-0.1, -0.05) is 48.0 Å². The normalized spacial score (nSPS) is 10.8. The third-order valence-electron chi connectivity index (χ3n) is 3.45. The topological polar surface area (TPSA) is 54.0 Å². The van der Waals surface area contributed by atoms with Crippen molar-refractivity contribution in [1.29, 1.82) is 0 Å². The Kier molecular flexibility index (Phi) is 4.34. The molecule has 1 heterocycles. The Hall–Kier alpha value is -3.14. The number of nitrogens with one attached hydrogen (secondary N) is 2. The number of fused-ring (bicyclic) bond motifs is 1. The van der Waals surface area contributed by atoms with E-state index in [0.717, 1.165) is 16.5 Å². The second kappa shape index (κ2) is 6.75. The lowest BCUT2D eigenvalue weighted by atomic mass is 10.1. The minimum atomic E-state index is -0.300. The highest BCUT2D eigenvalue weighted by molar-refractivity contribution is 5.99. The van der Waals surface area contributed by atoms with Crippen LogP contribution in [0.4, 0.5) is 10.5 Å². The van der Waals surface area contributed by atoms with Crippen molar-refractivity contribution in [3.8, 4) is 0 Å². The SMILES string of the molecule is Cc1ccc(/C=C/NC(=O)Nc2cccc3cccnc23)cc1. The molecule has 0 saturated carbocycles. The predicted octanol–water partition coefficient (Wildman–Crippen LogP) is 4.34. The molecule has 4 nitrogen and oxygen atoms in total. The number of pyridine rings is 1. The molecule has 2 N–H and O–H groups in total. The summed E-state index contributed by atoms with van der Waals surface area (Å²) >= 11 is 0. The second-order valence-electron chi connectivity index (χ2n) is 5.22. The summed E-state index contributed by atoms with van der Waals surface area (Å²) in [5, 5.41) is 6.50. The van der Waals surface area contributed by atoms with Crippen molar-refractivity contribution in [2.75, 3.05) is 5.32 Å². The highest BCUT2D eigenvalue weighted by Gasteiger charge is 2.04. The first-order valence-electron chi connectivity index (χ1n) is 7.37. The molecule has 0 aliphatic carbocycles. The molecule has 0 spiro atoms. The predicted molar refractivity (Wildman–Crippen MR) is 94.1 cm³/mol. The van der Waals surface area contributed by atoms with Gasteiger partial charge in [-0.25, -0.2) is 4.79 Å². The second-order valence-corrected chi connectivity index (χ2v) is 5.22. The standard InChI is InChI=1S/C19H17N3O/c1-14-7-9-15(10-8-14)11-13-21-19(23)22-17-6-2-4-16-5-3-12-20-18(16)17/h2-13H,1H3,(H2,21,22,23)/b13-11+. The molecule has 2 amide bonds. The average Bonchev–Trinajstić information content (AvgIpc) is 2.57. The van der Waals surface area contributed by atoms with E-state index < -0.39 is 0 Å². The highest BCUT2D eigenvalue weighted by atomic mass is 16.2. The van der Waals surface area contributed by atoms with Gasteiger partial charge in [0.05, 0.1) is 11.2 Å². The summed E-state index contributed by atoms with van der Waals surface area (Å²) in [4.78, 5) is 16.3. The fourth-order valence-electron chi connectivity index (χ4n) is 2.25. The van der Waals surface area contributed by atoms with Crippen LogP contribution >= 0.6 is 0 Å². The summed E-state index contributed by atoms with van der Waals surface area (Å²) in [6, 6.07) is 17.3. The van der Waals surface area contributed by atoms with Crippen molar-refractivity contribution in [3.05, 3.63) is 78.1 Å². The molecule has 0 aliphatic heterocycles. The molecular formula is C19H17N3O. The molecule has 0 bridgehead atoms. The monoisotopic (exact) mass is 303 g/mol. The Labute approximate surface area is 134 Å². The molecule has 0 fully saturated rings. The summed E-state index contributed by atoms with van der Waals surface area (Å²) in [6.45, 7) is 2.04. The first kappa shape index (κ1) is 14.8. The molecule has 3 rings (SSSR count). The van der Waals surface area contributed by atoms with E-state index in [0.29, 0.717) is 5.69 Å². The summed E-state index contributed by atoms with van der Waals surface area (Å²) in [5.41, 5.74) is 3.69. The molecule has 4 heteroatoms. The van der Waals surface area contributed by atoms with E-state index in [4.69, 9.17) is 0 Å². The average molecular weight is 303 g/mol. The van der Waals surface area contributed by atoms with E-state index in [-0.39, 0.29) is 6.03 Å². The van der Waals surface area contributed by atoms with Crippen LogP contribution in [0.25, 0.3) is 17.0 Å². The highest BCUT2D eigenvalue weighted by Crippen LogP contribution is 2.20. The van der Waals surface area contributed by atoms with Crippen molar-refractivity contribution in [2.45, 2.75) is 6.92 Å². The summed E-state index contributed by atoms with van der Waals surface area (Å²) < 4.78 is 0. The summed E-state index contributed by atoms with van der Waals surface area (Å²) in [7, 11) is 0. The fraction of sp³-hybridized carbons (Fsp3) is 0.0526. The minimum Gasteiger partial charge on any atom is -0.314 e. The molecule has 0 radical (unpaired) electrons. The molecule has 114 valence electrons. The van der Waals surface area contributed by atoms with Crippen molar-refractivity contribution in [1.82, 2.24) is 10.3 Å². The van der Waals surface area contributed by atoms with Gasteiger partial charge in [-0.15, -0.1) is 0 Å². The van der Waals surface area contributed by atoms with Gasteiger partial charge in [0, 0.05) is 17.8 Å². The number of urea groups is 1. The zero-order valence-electron chi connectivity index (χ0n) is 12.8. The molecule has 0 unspecified atom stereocenters. The number of nitrogens with zero attached hydrogens (tertiary/aromatic N) is 1. The van der Waals surface area contributed by atoms with Crippen molar-refractivity contribution in [3.63, 3.8) is 0 Å². The smallest absolute Gasteiger partial charge is 0.314 e. The number of aryl methyl sites for hydroxylation is 1. The molecule has 23 heavy (non-hydrogen) atoms. The van der Waals surface area contributed by atoms with Gasteiger partial charge >= 0.3 is 6.03 Å². The van der Waals surface area contributed by atoms with Crippen LogP contribution in [0.2, 0.25) is 0 Å². The molecule has 0 saturated heterocycles. The van der Waals surface area contributed by atoms with E-state index in [1.807, 2.05) is 67.6 Å². The van der Waals surface area contributed by atoms with E-state index in [1.54, 1.807) is 12.4 Å². The maximum atomic E-state index is 12.0. The van der Waals surface area contributed by atoms with Gasteiger partial charge in [-0.2, -0.15) is 0 Å². The van der Waals surface area contributed by atoms with Gasteiger partial charge in [-0.3, -0.25) is 4.98 Å². The zero-order chi connectivity index (χ0) is 16.1. The number of benzene rings is 2. The summed E-state index contributed by atoms with van der Waals surface area (Å²) in [6.07, 6.45) is 5.18. The van der Waals surface area contributed by atoms with Crippen LogP contribution in [0.5, 0.6) is 0 Å². The quantitative estimate of drug-likeness (QED) is 0.756. The van der Waals surface area contributed by atoms with Gasteiger partial charge in [0.1, 0.15) is 0 Å². The molecule has 0 atom stereocenters. The van der Waals surface area contributed by atoms with Crippen LogP contribution in [0.15, 0.2) is 67.0 Å². The minimum absolute atomic E-state index is 0.300. The number of aromatic nitrogens is 1. The number of anilines is 1. The first-order valence-corrected chi connectivity index (χ1v) is 7.37. The number of hydrogen-bond donors (Lipinski definition) is 2. The number of amides is 2. The van der Waals surface area contributed by atoms with Crippen LogP contribution in [-0.2, 0) is 0 Å². The molecule has 2 aromatic carbocycles. The van der Waals surface area contributed by atoms with E-state index in [1.165, 1.54) is 5.56 Å². The number of carbonyl (C=O) groups excluding carboxylic acids is 1. The van der Waals surface area contributed by atoms with Crippen LogP contribution < -0.4 is 10.6 Å². The molecule has 3 aromatic rings. The van der Waals surface area contributed by atoms with E-state index in [9.17, 15) is 4.79 Å². The van der Waals surface area contributed by atoms with Crippen molar-refractivity contribution >= 4 is 28.7 Å².